The van der Waals surface area contributed by atoms with Gasteiger partial charge in [0, 0.05) is 33.0 Å². The van der Waals surface area contributed by atoms with E-state index in [0.29, 0.717) is 6.54 Å². The van der Waals surface area contributed by atoms with E-state index in [2.05, 4.69) is 10.3 Å². The fourth-order valence-corrected chi connectivity index (χ4v) is 1.89. The van der Waals surface area contributed by atoms with Crippen molar-refractivity contribution in [3.63, 3.8) is 0 Å². The predicted octanol–water partition coefficient (Wildman–Crippen LogP) is 0.923. The minimum Gasteiger partial charge on any atom is -0.356 e. The molecule has 1 aliphatic heterocycles. The van der Waals surface area contributed by atoms with Crippen LogP contribution in [0.3, 0.4) is 0 Å². The first-order valence-electron chi connectivity index (χ1n) is 4.94. The van der Waals surface area contributed by atoms with Gasteiger partial charge in [-0.15, -0.1) is 0 Å². The number of nitrogens with one attached hydrogen (secondary N) is 1. The van der Waals surface area contributed by atoms with Crippen LogP contribution in [0.1, 0.15) is 12.8 Å². The van der Waals surface area contributed by atoms with Gasteiger partial charge in [0.15, 0.2) is 5.96 Å². The van der Waals surface area contributed by atoms with E-state index >= 15 is 0 Å². The third-order valence-electron chi connectivity index (χ3n) is 2.78. The molecule has 3 nitrogen and oxygen atoms in total. The number of halogens is 2. The molecular weight excluding hydrogens is 188 g/mol. The number of aliphatic imine (C=N–C) groups is 1. The number of likely N-dealkylation sites (N-methyl/N-ethyl adjacent to an activating group) is 1. The van der Waals surface area contributed by atoms with Gasteiger partial charge >= 0.3 is 0 Å². The summed E-state index contributed by atoms with van der Waals surface area (Å²) in [5.74, 6) is -1.45. The summed E-state index contributed by atoms with van der Waals surface area (Å²) >= 11 is 0. The molecule has 1 aliphatic carbocycles. The SMILES string of the molecule is CN1CCN=C1NCC1CC(F)(F)C1. The fraction of sp³-hybridized carbons (Fsp3) is 0.889. The van der Waals surface area contributed by atoms with Gasteiger partial charge in [0.25, 0.3) is 0 Å². The van der Waals surface area contributed by atoms with Gasteiger partial charge in [0.2, 0.25) is 5.92 Å². The number of hydrogen-bond acceptors (Lipinski definition) is 3. The maximum Gasteiger partial charge on any atom is 0.248 e. The van der Waals surface area contributed by atoms with Crippen LogP contribution < -0.4 is 5.32 Å². The predicted molar refractivity (Wildman–Crippen MR) is 50.6 cm³/mol. The molecule has 0 amide bonds. The van der Waals surface area contributed by atoms with Crippen LogP contribution in [-0.4, -0.2) is 43.5 Å². The highest BCUT2D eigenvalue weighted by Crippen LogP contribution is 2.41. The third kappa shape index (κ3) is 1.96. The quantitative estimate of drug-likeness (QED) is 0.722. The van der Waals surface area contributed by atoms with Gasteiger partial charge in [0.05, 0.1) is 6.54 Å². The number of nitrogens with zero attached hydrogens (tertiary/aromatic N) is 2. The molecule has 0 spiro atoms. The van der Waals surface area contributed by atoms with Crippen molar-refractivity contribution in [2.45, 2.75) is 18.8 Å². The molecule has 2 aliphatic rings. The Balaban J connectivity index is 1.69. The monoisotopic (exact) mass is 203 g/mol. The van der Waals surface area contributed by atoms with Crippen molar-refractivity contribution in [1.82, 2.24) is 10.2 Å². The second kappa shape index (κ2) is 3.37. The lowest BCUT2D eigenvalue weighted by atomic mass is 9.81. The first kappa shape index (κ1) is 9.68. The fourth-order valence-electron chi connectivity index (χ4n) is 1.89. The zero-order valence-corrected chi connectivity index (χ0v) is 8.26. The molecule has 80 valence electrons. The molecule has 0 radical (unpaired) electrons. The topological polar surface area (TPSA) is 27.6 Å². The summed E-state index contributed by atoms with van der Waals surface area (Å²) in [4.78, 5) is 6.24. The van der Waals surface area contributed by atoms with Crippen LogP contribution >= 0.6 is 0 Å². The minimum atomic E-state index is -2.41. The highest BCUT2D eigenvalue weighted by Gasteiger charge is 2.44. The second-order valence-corrected chi connectivity index (χ2v) is 4.14. The van der Waals surface area contributed by atoms with Crippen LogP contribution in [0, 0.1) is 5.92 Å². The smallest absolute Gasteiger partial charge is 0.248 e. The molecule has 5 heteroatoms. The molecule has 1 fully saturated rings. The molecular formula is C9H15F2N3. The Morgan fingerprint density at radius 3 is 2.79 bits per heavy atom. The number of hydrogen-bond donors (Lipinski definition) is 1. The van der Waals surface area contributed by atoms with Gasteiger partial charge in [-0.25, -0.2) is 8.78 Å². The van der Waals surface area contributed by atoms with E-state index in [1.165, 1.54) is 0 Å². The Hall–Kier alpha value is -0.870. The number of guanidine groups is 1. The largest absolute Gasteiger partial charge is 0.356 e. The van der Waals surface area contributed by atoms with E-state index < -0.39 is 5.92 Å². The van der Waals surface area contributed by atoms with Gasteiger partial charge in [-0.2, -0.15) is 0 Å². The zero-order chi connectivity index (χ0) is 10.2. The van der Waals surface area contributed by atoms with Gasteiger partial charge in [0.1, 0.15) is 0 Å². The molecule has 1 heterocycles. The van der Waals surface area contributed by atoms with Crippen LogP contribution in [0.25, 0.3) is 0 Å². The molecule has 0 saturated heterocycles. The summed E-state index contributed by atoms with van der Waals surface area (Å²) in [5, 5.41) is 3.11. The lowest BCUT2D eigenvalue weighted by Crippen LogP contribution is -2.45. The second-order valence-electron chi connectivity index (χ2n) is 4.14. The van der Waals surface area contributed by atoms with Crippen molar-refractivity contribution in [2.75, 3.05) is 26.7 Å². The first-order chi connectivity index (χ1) is 6.57. The van der Waals surface area contributed by atoms with Crippen molar-refractivity contribution < 1.29 is 8.78 Å². The normalized spacial score (nSPS) is 25.9. The van der Waals surface area contributed by atoms with E-state index in [1.54, 1.807) is 0 Å². The van der Waals surface area contributed by atoms with Crippen molar-refractivity contribution >= 4 is 5.96 Å². The standard InChI is InChI=1S/C9H15F2N3/c1-14-3-2-12-8(14)13-6-7-4-9(10,11)5-7/h7H,2-6H2,1H3,(H,12,13). The number of alkyl halides is 2. The summed E-state index contributed by atoms with van der Waals surface area (Å²) in [7, 11) is 1.95. The van der Waals surface area contributed by atoms with Crippen molar-refractivity contribution in [3.8, 4) is 0 Å². The van der Waals surface area contributed by atoms with Crippen LogP contribution in [0.5, 0.6) is 0 Å². The maximum atomic E-state index is 12.5. The highest BCUT2D eigenvalue weighted by molar-refractivity contribution is 5.81. The van der Waals surface area contributed by atoms with Crippen LogP contribution in [0.15, 0.2) is 4.99 Å². The Morgan fingerprint density at radius 2 is 2.29 bits per heavy atom. The lowest BCUT2D eigenvalue weighted by molar-refractivity contribution is -0.108. The van der Waals surface area contributed by atoms with Crippen LogP contribution in [0.4, 0.5) is 8.78 Å². The third-order valence-corrected chi connectivity index (χ3v) is 2.78. The Labute approximate surface area is 82.2 Å². The van der Waals surface area contributed by atoms with E-state index in [9.17, 15) is 8.78 Å². The molecule has 0 aromatic rings. The highest BCUT2D eigenvalue weighted by atomic mass is 19.3. The van der Waals surface area contributed by atoms with E-state index in [0.717, 1.165) is 19.0 Å². The Kier molecular flexibility index (Phi) is 2.33. The van der Waals surface area contributed by atoms with Crippen molar-refractivity contribution in [2.24, 2.45) is 10.9 Å². The van der Waals surface area contributed by atoms with Gasteiger partial charge in [-0.1, -0.05) is 0 Å². The van der Waals surface area contributed by atoms with Crippen molar-refractivity contribution in [1.29, 1.82) is 0 Å². The van der Waals surface area contributed by atoms with Crippen molar-refractivity contribution in [3.05, 3.63) is 0 Å². The first-order valence-corrected chi connectivity index (χ1v) is 4.94. The minimum absolute atomic E-state index is 0.0248. The lowest BCUT2D eigenvalue weighted by Gasteiger charge is -2.35. The van der Waals surface area contributed by atoms with Gasteiger partial charge < -0.3 is 10.2 Å². The van der Waals surface area contributed by atoms with Gasteiger partial charge in [-0.05, 0) is 5.92 Å². The van der Waals surface area contributed by atoms with Gasteiger partial charge in [-0.3, -0.25) is 4.99 Å². The molecule has 1 saturated carbocycles. The summed E-state index contributed by atoms with van der Waals surface area (Å²) < 4.78 is 25.0. The maximum absolute atomic E-state index is 12.5. The summed E-state index contributed by atoms with van der Waals surface area (Å²) in [6, 6.07) is 0. The Morgan fingerprint density at radius 1 is 1.57 bits per heavy atom. The van der Waals surface area contributed by atoms with E-state index in [4.69, 9.17) is 0 Å². The Bertz CT molecular complexity index is 244. The molecule has 0 atom stereocenters. The molecule has 0 unspecified atom stereocenters. The molecule has 0 aromatic heterocycles. The molecule has 2 rings (SSSR count). The molecule has 0 aromatic carbocycles. The zero-order valence-electron chi connectivity index (χ0n) is 8.26. The molecule has 0 bridgehead atoms. The summed E-state index contributed by atoms with van der Waals surface area (Å²) in [6.07, 6.45) is 0.0496. The molecule has 14 heavy (non-hydrogen) atoms. The number of rotatable bonds is 2. The summed E-state index contributed by atoms with van der Waals surface area (Å²) in [6.45, 7) is 2.35. The van der Waals surface area contributed by atoms with E-state index in [-0.39, 0.29) is 18.8 Å². The van der Waals surface area contributed by atoms with Crippen LogP contribution in [-0.2, 0) is 0 Å². The average Bonchev–Trinajstić information content (AvgIpc) is 2.44. The summed E-state index contributed by atoms with van der Waals surface area (Å²) in [5.41, 5.74) is 0. The van der Waals surface area contributed by atoms with Crippen LogP contribution in [0.2, 0.25) is 0 Å². The van der Waals surface area contributed by atoms with E-state index in [1.807, 2.05) is 11.9 Å². The average molecular weight is 203 g/mol. The molecule has 1 N–H and O–H groups in total.